The molecule has 5 nitrogen and oxygen atoms in total. The van der Waals surface area contributed by atoms with E-state index in [9.17, 15) is 9.18 Å². The lowest BCUT2D eigenvalue weighted by Gasteiger charge is -2.14. The first-order chi connectivity index (χ1) is 12.4. The number of anilines is 3. The Labute approximate surface area is 152 Å². The van der Waals surface area contributed by atoms with Crippen LogP contribution in [0.4, 0.5) is 21.5 Å². The molecule has 1 amide bonds. The van der Waals surface area contributed by atoms with Gasteiger partial charge in [-0.3, -0.25) is 4.79 Å². The Morgan fingerprint density at radius 3 is 2.73 bits per heavy atom. The van der Waals surface area contributed by atoms with E-state index in [1.54, 1.807) is 12.3 Å². The molecule has 1 aliphatic heterocycles. The number of nitrogens with zero attached hydrogens (tertiary/aromatic N) is 1. The largest absolute Gasteiger partial charge is 0.384 e. The smallest absolute Gasteiger partial charge is 0.257 e. The van der Waals surface area contributed by atoms with E-state index < -0.39 is 0 Å². The highest BCUT2D eigenvalue weighted by atomic mass is 19.1. The van der Waals surface area contributed by atoms with Gasteiger partial charge in [-0.2, -0.15) is 0 Å². The van der Waals surface area contributed by atoms with Gasteiger partial charge in [-0.25, -0.2) is 4.39 Å². The van der Waals surface area contributed by atoms with Gasteiger partial charge in [-0.15, -0.1) is 0 Å². The molecule has 6 heteroatoms. The van der Waals surface area contributed by atoms with E-state index in [-0.39, 0.29) is 11.7 Å². The van der Waals surface area contributed by atoms with E-state index in [2.05, 4.69) is 20.9 Å². The summed E-state index contributed by atoms with van der Waals surface area (Å²) in [7, 11) is 4.08. The van der Waals surface area contributed by atoms with Crippen LogP contribution in [0.2, 0.25) is 0 Å². The molecule has 0 bridgehead atoms. The van der Waals surface area contributed by atoms with Crippen molar-refractivity contribution < 1.29 is 9.18 Å². The molecule has 136 valence electrons. The number of nitrogens with one attached hydrogen (secondary N) is 3. The molecule has 0 spiro atoms. The second-order valence-corrected chi connectivity index (χ2v) is 6.61. The minimum atomic E-state index is -0.369. The predicted octanol–water partition coefficient (Wildman–Crippen LogP) is 3.51. The molecular formula is C20H23FN4O. The minimum absolute atomic E-state index is 0.239. The summed E-state index contributed by atoms with van der Waals surface area (Å²) in [6.07, 6.45) is 1.66. The monoisotopic (exact) mass is 354 g/mol. The first-order valence-electron chi connectivity index (χ1n) is 8.51. The second-order valence-electron chi connectivity index (χ2n) is 6.61. The van der Waals surface area contributed by atoms with Gasteiger partial charge in [0.05, 0.1) is 11.3 Å². The summed E-state index contributed by atoms with van der Waals surface area (Å²) in [4.78, 5) is 14.2. The van der Waals surface area contributed by atoms with Gasteiger partial charge >= 0.3 is 0 Å². The van der Waals surface area contributed by atoms with Crippen molar-refractivity contribution >= 4 is 28.5 Å². The zero-order valence-corrected chi connectivity index (χ0v) is 15.2. The number of benzene rings is 2. The molecule has 0 aliphatic carbocycles. The highest BCUT2D eigenvalue weighted by Gasteiger charge is 2.24. The number of fused-ring (bicyclic) bond motifs is 1. The number of carbonyl (C=O) groups excluding carboxylic acids is 1. The molecule has 0 unspecified atom stereocenters. The Balaban J connectivity index is 1.71. The van der Waals surface area contributed by atoms with E-state index in [4.69, 9.17) is 0 Å². The lowest BCUT2D eigenvalue weighted by atomic mass is 10.1. The summed E-state index contributed by atoms with van der Waals surface area (Å²) in [5.41, 5.74) is 4.78. The molecule has 3 rings (SSSR count). The van der Waals surface area contributed by atoms with Crippen molar-refractivity contribution in [2.45, 2.75) is 6.92 Å². The van der Waals surface area contributed by atoms with Crippen LogP contribution in [-0.2, 0) is 4.79 Å². The zero-order chi connectivity index (χ0) is 18.7. The van der Waals surface area contributed by atoms with E-state index in [1.165, 1.54) is 12.1 Å². The number of amides is 1. The standard InChI is InChI=1S/C20H23FN4O/c1-13-10-15(5-7-18(13)22-8-9-25(2)3)23-12-17-16-6-4-14(21)11-19(16)24-20(17)26/h4-7,10-12,22-23H,8-9H2,1-3H3,(H,24,26)/b17-12+. The summed E-state index contributed by atoms with van der Waals surface area (Å²) >= 11 is 0. The van der Waals surface area contributed by atoms with Crippen LogP contribution in [0.15, 0.2) is 42.6 Å². The Hall–Kier alpha value is -2.86. The summed E-state index contributed by atoms with van der Waals surface area (Å²) in [5.74, 6) is -0.608. The average Bonchev–Trinajstić information content (AvgIpc) is 2.88. The van der Waals surface area contributed by atoms with Crippen LogP contribution in [0.5, 0.6) is 0 Å². The van der Waals surface area contributed by atoms with Gasteiger partial charge in [0.25, 0.3) is 5.91 Å². The van der Waals surface area contributed by atoms with Crippen LogP contribution >= 0.6 is 0 Å². The molecule has 26 heavy (non-hydrogen) atoms. The average molecular weight is 354 g/mol. The fourth-order valence-electron chi connectivity index (χ4n) is 2.83. The summed E-state index contributed by atoms with van der Waals surface area (Å²) in [6, 6.07) is 10.3. The third-order valence-corrected chi connectivity index (χ3v) is 4.25. The van der Waals surface area contributed by atoms with E-state index >= 15 is 0 Å². The third-order valence-electron chi connectivity index (χ3n) is 4.25. The molecule has 2 aromatic carbocycles. The SMILES string of the molecule is Cc1cc(N/C=C2/C(=O)Nc3cc(F)ccc32)ccc1NCCN(C)C. The van der Waals surface area contributed by atoms with Crippen molar-refractivity contribution in [3.8, 4) is 0 Å². The van der Waals surface area contributed by atoms with Crippen LogP contribution in [0.1, 0.15) is 11.1 Å². The maximum absolute atomic E-state index is 13.3. The number of halogens is 1. The molecule has 0 radical (unpaired) electrons. The van der Waals surface area contributed by atoms with Crippen molar-refractivity contribution in [3.05, 3.63) is 59.5 Å². The number of hydrogen-bond acceptors (Lipinski definition) is 4. The quantitative estimate of drug-likeness (QED) is 0.695. The van der Waals surface area contributed by atoms with Crippen molar-refractivity contribution in [3.63, 3.8) is 0 Å². The van der Waals surface area contributed by atoms with Crippen molar-refractivity contribution in [2.75, 3.05) is 43.1 Å². The Morgan fingerprint density at radius 2 is 2.00 bits per heavy atom. The molecule has 3 N–H and O–H groups in total. The van der Waals surface area contributed by atoms with Gasteiger partial charge in [0, 0.05) is 36.2 Å². The van der Waals surface area contributed by atoms with E-state index in [0.29, 0.717) is 16.8 Å². The van der Waals surface area contributed by atoms with E-state index in [0.717, 1.165) is 30.0 Å². The van der Waals surface area contributed by atoms with Crippen LogP contribution in [0.3, 0.4) is 0 Å². The zero-order valence-electron chi connectivity index (χ0n) is 15.2. The molecule has 0 atom stereocenters. The molecule has 0 saturated heterocycles. The predicted molar refractivity (Wildman–Crippen MR) is 105 cm³/mol. The van der Waals surface area contributed by atoms with Crippen LogP contribution in [-0.4, -0.2) is 38.0 Å². The van der Waals surface area contributed by atoms with Gasteiger partial charge in [-0.05, 0) is 63.0 Å². The van der Waals surface area contributed by atoms with Gasteiger partial charge in [0.15, 0.2) is 0 Å². The normalized spacial score (nSPS) is 14.5. The topological polar surface area (TPSA) is 56.4 Å². The fourth-order valence-corrected chi connectivity index (χ4v) is 2.83. The van der Waals surface area contributed by atoms with Gasteiger partial charge in [-0.1, -0.05) is 0 Å². The summed E-state index contributed by atoms with van der Waals surface area (Å²) in [5, 5.41) is 9.25. The number of rotatable bonds is 6. The second kappa shape index (κ2) is 7.58. The highest BCUT2D eigenvalue weighted by molar-refractivity contribution is 6.31. The Morgan fingerprint density at radius 1 is 1.19 bits per heavy atom. The first-order valence-corrected chi connectivity index (χ1v) is 8.51. The van der Waals surface area contributed by atoms with E-state index in [1.807, 2.05) is 39.2 Å². The molecule has 0 aromatic heterocycles. The van der Waals surface area contributed by atoms with Gasteiger partial charge < -0.3 is 20.9 Å². The lowest BCUT2D eigenvalue weighted by molar-refractivity contribution is -0.110. The molecule has 0 fully saturated rings. The van der Waals surface area contributed by atoms with Crippen LogP contribution < -0.4 is 16.0 Å². The third kappa shape index (κ3) is 4.03. The Bertz CT molecular complexity index is 861. The molecule has 0 saturated carbocycles. The summed E-state index contributed by atoms with van der Waals surface area (Å²) < 4.78 is 13.3. The maximum Gasteiger partial charge on any atom is 0.257 e. The number of likely N-dealkylation sites (N-methyl/N-ethyl adjacent to an activating group) is 1. The van der Waals surface area contributed by atoms with Crippen LogP contribution in [0, 0.1) is 12.7 Å². The molecule has 1 aliphatic rings. The molecule has 1 heterocycles. The van der Waals surface area contributed by atoms with Crippen LogP contribution in [0.25, 0.3) is 5.57 Å². The fraction of sp³-hybridized carbons (Fsp3) is 0.250. The van der Waals surface area contributed by atoms with Crippen molar-refractivity contribution in [1.82, 2.24) is 4.90 Å². The molecular weight excluding hydrogens is 331 g/mol. The lowest BCUT2D eigenvalue weighted by Crippen LogP contribution is -2.21. The minimum Gasteiger partial charge on any atom is -0.384 e. The number of hydrogen-bond donors (Lipinski definition) is 3. The Kier molecular flexibility index (Phi) is 5.23. The highest BCUT2D eigenvalue weighted by Crippen LogP contribution is 2.32. The number of carbonyl (C=O) groups is 1. The van der Waals surface area contributed by atoms with Gasteiger partial charge in [0.1, 0.15) is 5.82 Å². The number of aryl methyl sites for hydroxylation is 1. The molecule has 2 aromatic rings. The van der Waals surface area contributed by atoms with Crippen molar-refractivity contribution in [1.29, 1.82) is 0 Å². The first kappa shape index (κ1) is 17.9. The maximum atomic E-state index is 13.3. The van der Waals surface area contributed by atoms with Crippen molar-refractivity contribution in [2.24, 2.45) is 0 Å². The van der Waals surface area contributed by atoms with Gasteiger partial charge in [0.2, 0.25) is 0 Å². The summed E-state index contributed by atoms with van der Waals surface area (Å²) in [6.45, 7) is 3.87.